The van der Waals surface area contributed by atoms with Crippen LogP contribution in [0.25, 0.3) is 0 Å². The average molecular weight is 380 g/mol. The van der Waals surface area contributed by atoms with Crippen molar-refractivity contribution in [1.29, 1.82) is 0 Å². The van der Waals surface area contributed by atoms with Gasteiger partial charge in [0.05, 0.1) is 0 Å². The number of hydrogen-bond donors (Lipinski definition) is 1. The topological polar surface area (TPSA) is 38.3 Å². The van der Waals surface area contributed by atoms with Gasteiger partial charge in [-0.2, -0.15) is 0 Å². The summed E-state index contributed by atoms with van der Waals surface area (Å²) in [7, 11) is 0. The summed E-state index contributed by atoms with van der Waals surface area (Å²) in [4.78, 5) is 10.4. The van der Waals surface area contributed by atoms with E-state index in [2.05, 4.69) is 27.3 Å². The fourth-order valence-corrected chi connectivity index (χ4v) is 5.44. The first-order valence-electron chi connectivity index (χ1n) is 4.67. The molecule has 0 aromatic heterocycles. The molecule has 3 nitrogen and oxygen atoms in total. The van der Waals surface area contributed by atoms with Crippen LogP contribution in [0.5, 0.6) is 0 Å². The van der Waals surface area contributed by atoms with Crippen LogP contribution < -0.4 is 6.15 Å². The molecule has 0 fully saturated rings. The molecule has 0 unspecified atom stereocenters. The number of hydrogen-bond acceptors (Lipinski definition) is 3. The van der Waals surface area contributed by atoms with Crippen LogP contribution in [-0.4, -0.2) is 19.1 Å². The van der Waals surface area contributed by atoms with Gasteiger partial charge in [0.2, 0.25) is 0 Å². The third-order valence-corrected chi connectivity index (χ3v) is 7.52. The molecule has 0 saturated heterocycles. The maximum absolute atomic E-state index is 10.4. The fraction of sp³-hybridized carbons (Fsp3) is 0.300. The van der Waals surface area contributed by atoms with E-state index in [-0.39, 0.29) is 5.97 Å². The summed E-state index contributed by atoms with van der Waals surface area (Å²) >= 11 is -1.12. The summed E-state index contributed by atoms with van der Waals surface area (Å²) in [5.74, 6) is -0.205. The number of esters is 1. The minimum absolute atomic E-state index is 0.205. The van der Waals surface area contributed by atoms with Crippen LogP contribution >= 0.6 is 0 Å². The zero-order chi connectivity index (χ0) is 10.2. The summed E-state index contributed by atoms with van der Waals surface area (Å²) in [6.45, 7) is 2.71. The Labute approximate surface area is 96.7 Å². The van der Waals surface area contributed by atoms with Gasteiger partial charge < -0.3 is 0 Å². The van der Waals surface area contributed by atoms with Gasteiger partial charge in [-0.25, -0.2) is 0 Å². The van der Waals surface area contributed by atoms with Crippen LogP contribution in [0.1, 0.15) is 6.92 Å². The van der Waals surface area contributed by atoms with E-state index < -0.39 is 24.9 Å². The van der Waals surface area contributed by atoms with Gasteiger partial charge >= 0.3 is 96.9 Å². The first kappa shape index (κ1) is 11.7. The van der Waals surface area contributed by atoms with E-state index in [0.29, 0.717) is 6.61 Å². The van der Waals surface area contributed by atoms with E-state index >= 15 is 0 Å². The van der Waals surface area contributed by atoms with Crippen molar-refractivity contribution in [3.63, 3.8) is 0 Å². The Balaban J connectivity index is 2.08. The third-order valence-electron chi connectivity index (χ3n) is 1.76. The van der Waals surface area contributed by atoms with Crippen molar-refractivity contribution in [3.8, 4) is 0 Å². The standard InChI is InChI=1S/C6H5.C4H8NO2.Hg/c1-2-4-6-5-3-1;1-4(6)7-3-2-5;/h1-5H;5H,2-3H2,1H3;/q;-1;+1. The molecule has 1 rings (SSSR count). The Bertz CT molecular complexity index is 277. The first-order chi connectivity index (χ1) is 6.79. The van der Waals surface area contributed by atoms with Crippen molar-refractivity contribution in [2.24, 2.45) is 0 Å². The van der Waals surface area contributed by atoms with Crippen molar-refractivity contribution >= 4 is 9.04 Å². The molecule has 0 aliphatic heterocycles. The Morgan fingerprint density at radius 3 is 2.79 bits per heavy atom. The molecule has 0 spiro atoms. The van der Waals surface area contributed by atoms with Crippen molar-refractivity contribution in [2.75, 3.05) is 13.2 Å². The number of benzene rings is 1. The molecule has 0 heterocycles. The molecule has 1 aromatic rings. The van der Waals surface area contributed by atoms with E-state index in [9.17, 15) is 4.79 Å². The predicted molar refractivity (Wildman–Crippen MR) is 50.7 cm³/mol. The molecule has 0 amide bonds. The van der Waals surface area contributed by atoms with Crippen molar-refractivity contribution in [3.05, 3.63) is 30.3 Å². The van der Waals surface area contributed by atoms with E-state index in [1.165, 1.54) is 10.00 Å². The Hall–Kier alpha value is -0.415. The van der Waals surface area contributed by atoms with Gasteiger partial charge in [0, 0.05) is 0 Å². The molecule has 1 aromatic carbocycles. The van der Waals surface area contributed by atoms with Crippen LogP contribution in [0, 0.1) is 0 Å². The second-order valence-corrected chi connectivity index (χ2v) is 9.49. The van der Waals surface area contributed by atoms with E-state index in [4.69, 9.17) is 4.74 Å². The molecule has 0 saturated carbocycles. The number of nitrogens with one attached hydrogen (secondary N) is 1. The van der Waals surface area contributed by atoms with E-state index in [1.54, 1.807) is 0 Å². The molecule has 0 atom stereocenters. The molecule has 1 N–H and O–H groups in total. The minimum atomic E-state index is -1.12. The fourth-order valence-electron chi connectivity index (χ4n) is 1.10. The molecule has 0 radical (unpaired) electrons. The van der Waals surface area contributed by atoms with E-state index in [1.807, 2.05) is 6.07 Å². The molecular weight excluding hydrogens is 367 g/mol. The van der Waals surface area contributed by atoms with Gasteiger partial charge in [-0.05, 0) is 0 Å². The van der Waals surface area contributed by atoms with Crippen LogP contribution in [0.2, 0.25) is 0 Å². The third kappa shape index (κ3) is 5.34. The molecule has 0 aliphatic rings. The van der Waals surface area contributed by atoms with Crippen LogP contribution in [0.4, 0.5) is 0 Å². The Kier molecular flexibility index (Phi) is 5.79. The van der Waals surface area contributed by atoms with Crippen molar-refractivity contribution in [2.45, 2.75) is 6.92 Å². The zero-order valence-electron chi connectivity index (χ0n) is 8.32. The number of rotatable bonds is 5. The van der Waals surface area contributed by atoms with Gasteiger partial charge in [-0.3, -0.25) is 0 Å². The van der Waals surface area contributed by atoms with E-state index in [0.717, 1.165) is 6.54 Å². The summed E-state index contributed by atoms with van der Waals surface area (Å²) < 4.78 is 9.67. The van der Waals surface area contributed by atoms with Crippen molar-refractivity contribution in [1.82, 2.24) is 3.08 Å². The summed E-state index contributed by atoms with van der Waals surface area (Å²) in [6, 6.07) is 10.4. The molecule has 4 heteroatoms. The molecule has 72 valence electrons. The zero-order valence-corrected chi connectivity index (χ0v) is 13.8. The Morgan fingerprint density at radius 1 is 1.43 bits per heavy atom. The normalized spacial score (nSPS) is 9.21. The van der Waals surface area contributed by atoms with Gasteiger partial charge in [0.25, 0.3) is 0 Å². The quantitative estimate of drug-likeness (QED) is 0.459. The average Bonchev–Trinajstić information content (AvgIpc) is 2.18. The van der Waals surface area contributed by atoms with Crippen molar-refractivity contribution < 1.29 is 34.4 Å². The van der Waals surface area contributed by atoms with Crippen LogP contribution in [0.15, 0.2) is 30.3 Å². The Morgan fingerprint density at radius 2 is 2.14 bits per heavy atom. The van der Waals surface area contributed by atoms with Crippen LogP contribution in [0.3, 0.4) is 0 Å². The molecular formula is C10H13HgNO2. The predicted octanol–water partition coefficient (Wildman–Crippen LogP) is 0.462. The monoisotopic (exact) mass is 381 g/mol. The summed E-state index contributed by atoms with van der Waals surface area (Å²) in [5, 5.41) is 0. The van der Waals surface area contributed by atoms with Crippen LogP contribution in [-0.2, 0) is 34.4 Å². The first-order valence-corrected chi connectivity index (χ1v) is 10.2. The number of ether oxygens (including phenoxy) is 1. The summed E-state index contributed by atoms with van der Waals surface area (Å²) in [6.07, 6.45) is 0. The molecule has 0 aliphatic carbocycles. The molecule has 0 bridgehead atoms. The van der Waals surface area contributed by atoms with Gasteiger partial charge in [0.1, 0.15) is 0 Å². The molecule has 14 heavy (non-hydrogen) atoms. The second-order valence-electron chi connectivity index (χ2n) is 3.00. The summed E-state index contributed by atoms with van der Waals surface area (Å²) in [5.41, 5.74) is 0. The van der Waals surface area contributed by atoms with Gasteiger partial charge in [-0.15, -0.1) is 0 Å². The van der Waals surface area contributed by atoms with Gasteiger partial charge in [0.15, 0.2) is 0 Å². The maximum atomic E-state index is 10.4. The SMILES string of the molecule is CC(=O)OCC[NH][Hg][c]1ccccc1. The second kappa shape index (κ2) is 6.95. The number of carbonyl (C=O) groups excluding carboxylic acids is 1. The van der Waals surface area contributed by atoms with Gasteiger partial charge in [-0.1, -0.05) is 0 Å². The number of carbonyl (C=O) groups is 1.